The van der Waals surface area contributed by atoms with Crippen molar-refractivity contribution in [2.75, 3.05) is 25.5 Å². The summed E-state index contributed by atoms with van der Waals surface area (Å²) in [5, 5.41) is 6.36. The summed E-state index contributed by atoms with van der Waals surface area (Å²) in [6.45, 7) is 2.28. The van der Waals surface area contributed by atoms with Crippen LogP contribution in [-0.4, -0.2) is 42.9 Å². The zero-order valence-electron chi connectivity index (χ0n) is 12.3. The zero-order valence-corrected chi connectivity index (χ0v) is 13.0. The molecule has 1 aromatic rings. The molecule has 0 spiro atoms. The van der Waals surface area contributed by atoms with E-state index in [-0.39, 0.29) is 24.9 Å². The molecule has 21 heavy (non-hydrogen) atoms. The van der Waals surface area contributed by atoms with Gasteiger partial charge in [0.2, 0.25) is 11.8 Å². The number of anilines is 1. The second-order valence-corrected chi connectivity index (χ2v) is 5.96. The minimum Gasteiger partial charge on any atom is -0.352 e. The van der Waals surface area contributed by atoms with E-state index in [0.29, 0.717) is 11.1 Å². The number of likely N-dealkylation sites (N-methyl/N-ethyl adjacent to an activating group) is 1. The van der Waals surface area contributed by atoms with Crippen LogP contribution in [0.1, 0.15) is 18.4 Å². The average molecular weight is 310 g/mol. The van der Waals surface area contributed by atoms with Crippen molar-refractivity contribution in [3.63, 3.8) is 0 Å². The molecular weight excluding hydrogens is 290 g/mol. The maximum atomic E-state index is 12.0. The smallest absolute Gasteiger partial charge is 0.238 e. The van der Waals surface area contributed by atoms with E-state index >= 15 is 0 Å². The Kier molecular flexibility index (Phi) is 5.20. The van der Waals surface area contributed by atoms with E-state index < -0.39 is 0 Å². The summed E-state index contributed by atoms with van der Waals surface area (Å²) in [5.74, 6) is -0.183. The second kappa shape index (κ2) is 6.91. The van der Waals surface area contributed by atoms with Crippen LogP contribution in [0.25, 0.3) is 0 Å². The van der Waals surface area contributed by atoms with Gasteiger partial charge in [-0.05, 0) is 50.6 Å². The molecule has 0 radical (unpaired) electrons. The van der Waals surface area contributed by atoms with Crippen LogP contribution in [0.5, 0.6) is 0 Å². The van der Waals surface area contributed by atoms with E-state index in [0.717, 1.165) is 24.1 Å². The normalized spacial score (nSPS) is 14.1. The Morgan fingerprint density at radius 3 is 2.57 bits per heavy atom. The van der Waals surface area contributed by atoms with Gasteiger partial charge in [0, 0.05) is 16.8 Å². The monoisotopic (exact) mass is 309 g/mol. The number of nitrogens with one attached hydrogen (secondary N) is 2. The number of amides is 2. The van der Waals surface area contributed by atoms with Gasteiger partial charge >= 0.3 is 0 Å². The van der Waals surface area contributed by atoms with E-state index in [9.17, 15) is 9.59 Å². The molecule has 2 rings (SSSR count). The molecule has 6 heteroatoms. The maximum absolute atomic E-state index is 12.0. The van der Waals surface area contributed by atoms with Crippen LogP contribution in [-0.2, 0) is 9.59 Å². The third-order valence-corrected chi connectivity index (χ3v) is 3.47. The number of benzene rings is 1. The predicted octanol–water partition coefficient (Wildman–Crippen LogP) is 1.80. The van der Waals surface area contributed by atoms with E-state index in [1.165, 1.54) is 0 Å². The van der Waals surface area contributed by atoms with Crippen molar-refractivity contribution in [1.82, 2.24) is 10.2 Å². The first-order valence-corrected chi connectivity index (χ1v) is 7.36. The number of carbonyl (C=O) groups excluding carboxylic acids is 2. The summed E-state index contributed by atoms with van der Waals surface area (Å²) in [6, 6.07) is 5.65. The largest absolute Gasteiger partial charge is 0.352 e. The molecule has 1 aliphatic rings. The molecule has 2 N–H and O–H groups in total. The molecule has 114 valence electrons. The van der Waals surface area contributed by atoms with Crippen LogP contribution in [0.3, 0.4) is 0 Å². The van der Waals surface area contributed by atoms with Crippen molar-refractivity contribution >= 4 is 29.1 Å². The van der Waals surface area contributed by atoms with E-state index in [4.69, 9.17) is 11.6 Å². The minimum absolute atomic E-state index is 0.0320. The van der Waals surface area contributed by atoms with Gasteiger partial charge in [-0.3, -0.25) is 14.5 Å². The van der Waals surface area contributed by atoms with Gasteiger partial charge in [-0.1, -0.05) is 11.6 Å². The van der Waals surface area contributed by atoms with Crippen LogP contribution < -0.4 is 10.6 Å². The number of nitrogens with zero attached hydrogens (tertiary/aromatic N) is 1. The lowest BCUT2D eigenvalue weighted by atomic mass is 10.2. The molecule has 0 bridgehead atoms. The summed E-state index contributed by atoms with van der Waals surface area (Å²) in [4.78, 5) is 25.3. The highest BCUT2D eigenvalue weighted by Gasteiger charge is 2.23. The van der Waals surface area contributed by atoms with Gasteiger partial charge in [0.1, 0.15) is 0 Å². The maximum Gasteiger partial charge on any atom is 0.238 e. The summed E-state index contributed by atoms with van der Waals surface area (Å²) >= 11 is 5.88. The average Bonchev–Trinajstić information content (AvgIpc) is 3.16. The Morgan fingerprint density at radius 1 is 1.29 bits per heavy atom. The van der Waals surface area contributed by atoms with E-state index in [1.54, 1.807) is 30.1 Å². The third-order valence-electron chi connectivity index (χ3n) is 3.23. The summed E-state index contributed by atoms with van der Waals surface area (Å²) in [7, 11) is 1.75. The van der Waals surface area contributed by atoms with Gasteiger partial charge < -0.3 is 10.6 Å². The number of hydrogen-bond acceptors (Lipinski definition) is 3. The van der Waals surface area contributed by atoms with Gasteiger partial charge in [0.25, 0.3) is 0 Å². The molecule has 1 aromatic carbocycles. The molecule has 2 amide bonds. The fourth-order valence-electron chi connectivity index (χ4n) is 2.00. The Labute approximate surface area is 129 Å². The predicted molar refractivity (Wildman–Crippen MR) is 83.5 cm³/mol. The molecule has 0 aromatic heterocycles. The molecule has 0 unspecified atom stereocenters. The van der Waals surface area contributed by atoms with Gasteiger partial charge in [-0.15, -0.1) is 0 Å². The van der Waals surface area contributed by atoms with Gasteiger partial charge in [0.05, 0.1) is 13.1 Å². The van der Waals surface area contributed by atoms with Crippen LogP contribution in [0.2, 0.25) is 5.02 Å². The second-order valence-electron chi connectivity index (χ2n) is 5.52. The van der Waals surface area contributed by atoms with Crippen molar-refractivity contribution in [3.05, 3.63) is 28.8 Å². The molecule has 1 saturated carbocycles. The Morgan fingerprint density at radius 2 is 1.95 bits per heavy atom. The van der Waals surface area contributed by atoms with Crippen molar-refractivity contribution in [2.24, 2.45) is 0 Å². The van der Waals surface area contributed by atoms with Gasteiger partial charge in [0.15, 0.2) is 0 Å². The van der Waals surface area contributed by atoms with Crippen LogP contribution in [0.4, 0.5) is 5.69 Å². The summed E-state index contributed by atoms with van der Waals surface area (Å²) in [5.41, 5.74) is 1.64. The lowest BCUT2D eigenvalue weighted by molar-refractivity contribution is -0.123. The molecule has 0 aliphatic heterocycles. The minimum atomic E-state index is -0.151. The van der Waals surface area contributed by atoms with Gasteiger partial charge in [-0.2, -0.15) is 0 Å². The van der Waals surface area contributed by atoms with Crippen molar-refractivity contribution in [2.45, 2.75) is 25.8 Å². The molecular formula is C15H20ClN3O2. The lowest BCUT2D eigenvalue weighted by Gasteiger charge is -2.16. The number of halogens is 1. The number of rotatable bonds is 6. The molecule has 1 aliphatic carbocycles. The fraction of sp³-hybridized carbons (Fsp3) is 0.467. The van der Waals surface area contributed by atoms with Crippen LogP contribution in [0, 0.1) is 6.92 Å². The summed E-state index contributed by atoms with van der Waals surface area (Å²) < 4.78 is 0. The summed E-state index contributed by atoms with van der Waals surface area (Å²) in [6.07, 6.45) is 2.12. The Hall–Kier alpha value is -1.59. The SMILES string of the molecule is Cc1cc(Cl)ccc1NC(=O)CN(C)CC(=O)NC1CC1. The molecule has 0 atom stereocenters. The molecule has 0 heterocycles. The highest BCUT2D eigenvalue weighted by molar-refractivity contribution is 6.30. The quantitative estimate of drug-likeness (QED) is 0.842. The first kappa shape index (κ1) is 15.8. The molecule has 1 fully saturated rings. The molecule has 5 nitrogen and oxygen atoms in total. The van der Waals surface area contributed by atoms with Crippen LogP contribution in [0.15, 0.2) is 18.2 Å². The standard InChI is InChI=1S/C15H20ClN3O2/c1-10-7-11(16)3-6-13(10)18-15(21)9-19(2)8-14(20)17-12-4-5-12/h3,6-7,12H,4-5,8-9H2,1-2H3,(H,17,20)(H,18,21). The zero-order chi connectivity index (χ0) is 15.4. The van der Waals surface area contributed by atoms with Crippen molar-refractivity contribution < 1.29 is 9.59 Å². The van der Waals surface area contributed by atoms with Crippen molar-refractivity contribution in [1.29, 1.82) is 0 Å². The third kappa shape index (κ3) is 5.36. The van der Waals surface area contributed by atoms with E-state index in [1.807, 2.05) is 6.92 Å². The lowest BCUT2D eigenvalue weighted by Crippen LogP contribution is -2.39. The van der Waals surface area contributed by atoms with Gasteiger partial charge in [-0.25, -0.2) is 0 Å². The molecule has 0 saturated heterocycles. The Bertz CT molecular complexity index is 544. The topological polar surface area (TPSA) is 61.4 Å². The van der Waals surface area contributed by atoms with Crippen LogP contribution >= 0.6 is 11.6 Å². The van der Waals surface area contributed by atoms with E-state index in [2.05, 4.69) is 10.6 Å². The number of carbonyl (C=O) groups is 2. The number of hydrogen-bond donors (Lipinski definition) is 2. The first-order chi connectivity index (χ1) is 9.94. The highest BCUT2D eigenvalue weighted by Crippen LogP contribution is 2.19. The number of aryl methyl sites for hydroxylation is 1. The fourth-order valence-corrected chi connectivity index (χ4v) is 2.23. The highest BCUT2D eigenvalue weighted by atomic mass is 35.5. The Balaban J connectivity index is 1.78. The van der Waals surface area contributed by atoms with Crippen molar-refractivity contribution in [3.8, 4) is 0 Å². The first-order valence-electron chi connectivity index (χ1n) is 6.98.